The fourth-order valence-corrected chi connectivity index (χ4v) is 10.2. The lowest BCUT2D eigenvalue weighted by Crippen LogP contribution is -2.54. The van der Waals surface area contributed by atoms with Crippen LogP contribution in [0.25, 0.3) is 16.6 Å². The number of hydrogen-bond acceptors (Lipinski definition) is 14. The Labute approximate surface area is 368 Å². The maximum atomic E-state index is 13.9. The first-order chi connectivity index (χ1) is 30.9. The lowest BCUT2D eigenvalue weighted by Gasteiger charge is -2.44. The molecule has 3 atom stereocenters. The molecular formula is C44H56F2N12O6. The molecule has 7 heterocycles. The number of hydrogen-bond donors (Lipinski definition) is 4. The minimum absolute atomic E-state index is 0.0668. The molecule has 2 bridgehead atoms. The molecule has 1 aromatic carbocycles. The van der Waals surface area contributed by atoms with Crippen LogP contribution in [-0.2, 0) is 30.9 Å². The number of likely N-dealkylation sites (tertiary alicyclic amines) is 1. The highest BCUT2D eigenvalue weighted by Crippen LogP contribution is 2.35. The molecule has 2 aromatic heterocycles. The van der Waals surface area contributed by atoms with E-state index >= 15 is 0 Å². The van der Waals surface area contributed by atoms with Crippen molar-refractivity contribution >= 4 is 52.0 Å². The number of piperidine rings is 2. The number of imidazole rings is 1. The number of nitrogens with zero attached hydrogens (tertiary/aromatic N) is 8. The first kappa shape index (κ1) is 43.5. The fourth-order valence-electron chi connectivity index (χ4n) is 10.2. The SMILES string of the molecule is Cn1c(=O)n(C2CCC(=O)NC2=O)c2cccc(N3CC(OC4CCN(CC5CCC(N=CC(NC(=O)C(=CN)c6nccc(N7C[C@H]8C[C@@H]7CO8)n6)=C(N)C(F)F)CC5)CC4)C3)c21. The van der Waals surface area contributed by atoms with Gasteiger partial charge in [0, 0.05) is 71.3 Å². The number of nitrogens with two attached hydrogens (primary N) is 2. The Hall–Kier alpha value is -5.73. The summed E-state index contributed by atoms with van der Waals surface area (Å²) in [5, 5.41) is 4.86. The summed E-state index contributed by atoms with van der Waals surface area (Å²) < 4.78 is 43.1. The van der Waals surface area contributed by atoms with E-state index < -0.39 is 30.0 Å². The summed E-state index contributed by atoms with van der Waals surface area (Å²) in [5.41, 5.74) is 12.5. The van der Waals surface area contributed by atoms with Crippen LogP contribution in [0.1, 0.15) is 69.7 Å². The van der Waals surface area contributed by atoms with E-state index in [0.29, 0.717) is 43.5 Å². The van der Waals surface area contributed by atoms with Crippen molar-refractivity contribution in [3.63, 3.8) is 0 Å². The largest absolute Gasteiger partial charge is 0.404 e. The van der Waals surface area contributed by atoms with Gasteiger partial charge in [-0.1, -0.05) is 6.07 Å². The molecule has 6 aliphatic rings. The number of fused-ring (bicyclic) bond motifs is 3. The van der Waals surface area contributed by atoms with E-state index in [2.05, 4.69) is 40.3 Å². The van der Waals surface area contributed by atoms with E-state index in [1.54, 1.807) is 17.7 Å². The second-order valence-corrected chi connectivity index (χ2v) is 17.9. The van der Waals surface area contributed by atoms with Gasteiger partial charge in [-0.3, -0.25) is 33.8 Å². The van der Waals surface area contributed by atoms with Gasteiger partial charge in [-0.25, -0.2) is 23.5 Å². The summed E-state index contributed by atoms with van der Waals surface area (Å²) in [7, 11) is 1.72. The summed E-state index contributed by atoms with van der Waals surface area (Å²) in [6.07, 6.45) is 7.93. The minimum Gasteiger partial charge on any atom is -0.404 e. The van der Waals surface area contributed by atoms with Crippen LogP contribution in [-0.4, -0.2) is 131 Å². The van der Waals surface area contributed by atoms with Crippen LogP contribution in [0.2, 0.25) is 0 Å². The monoisotopic (exact) mass is 886 g/mol. The third-order valence-electron chi connectivity index (χ3n) is 13.7. The number of morpholine rings is 1. The molecule has 3 amide bonds. The third kappa shape index (κ3) is 8.86. The van der Waals surface area contributed by atoms with Crippen LogP contribution in [0.3, 0.4) is 0 Å². The summed E-state index contributed by atoms with van der Waals surface area (Å²) in [6.45, 7) is 5.55. The maximum absolute atomic E-state index is 13.9. The Kier molecular flexibility index (Phi) is 12.5. The van der Waals surface area contributed by atoms with E-state index in [1.807, 2.05) is 18.2 Å². The number of rotatable bonds is 13. The number of aromatic nitrogens is 4. The van der Waals surface area contributed by atoms with Gasteiger partial charge in [0.05, 0.1) is 65.0 Å². The molecule has 20 heteroatoms. The second-order valence-electron chi connectivity index (χ2n) is 17.9. The zero-order valence-electron chi connectivity index (χ0n) is 35.9. The lowest BCUT2D eigenvalue weighted by atomic mass is 9.85. The van der Waals surface area contributed by atoms with E-state index in [1.165, 1.54) is 17.0 Å². The number of halogens is 2. The molecule has 3 aromatic rings. The van der Waals surface area contributed by atoms with Gasteiger partial charge < -0.3 is 41.0 Å². The zero-order chi connectivity index (χ0) is 44.6. The van der Waals surface area contributed by atoms with Gasteiger partial charge in [0.2, 0.25) is 11.8 Å². The Balaban J connectivity index is 0.723. The minimum atomic E-state index is -3.01. The molecule has 342 valence electrons. The molecule has 64 heavy (non-hydrogen) atoms. The van der Waals surface area contributed by atoms with Gasteiger partial charge in [-0.15, -0.1) is 0 Å². The highest BCUT2D eigenvalue weighted by molar-refractivity contribution is 6.19. The van der Waals surface area contributed by atoms with Gasteiger partial charge in [0.1, 0.15) is 17.6 Å². The fraction of sp³-hybridized carbons (Fsp3) is 0.568. The van der Waals surface area contributed by atoms with Crippen LogP contribution < -0.4 is 37.6 Å². The highest BCUT2D eigenvalue weighted by Gasteiger charge is 2.40. The summed E-state index contributed by atoms with van der Waals surface area (Å²) in [6, 6.07) is 6.86. The van der Waals surface area contributed by atoms with Gasteiger partial charge in [-0.05, 0) is 75.5 Å². The van der Waals surface area contributed by atoms with E-state index in [-0.39, 0.29) is 71.9 Å². The van der Waals surface area contributed by atoms with E-state index in [9.17, 15) is 28.0 Å². The van der Waals surface area contributed by atoms with Crippen molar-refractivity contribution in [2.75, 3.05) is 55.7 Å². The third-order valence-corrected chi connectivity index (χ3v) is 13.7. The van der Waals surface area contributed by atoms with Crippen molar-refractivity contribution in [2.24, 2.45) is 29.4 Å². The number of aliphatic imine (C=N–C) groups is 1. The molecule has 6 N–H and O–H groups in total. The van der Waals surface area contributed by atoms with Gasteiger partial charge >= 0.3 is 5.69 Å². The number of carbonyl (C=O) groups is 3. The second kappa shape index (κ2) is 18.4. The van der Waals surface area contributed by atoms with Gasteiger partial charge in [0.15, 0.2) is 5.82 Å². The van der Waals surface area contributed by atoms with Crippen molar-refractivity contribution in [3.05, 3.63) is 64.4 Å². The number of alkyl halides is 2. The number of para-hydroxylation sites is 1. The van der Waals surface area contributed by atoms with Crippen LogP contribution in [0, 0.1) is 5.92 Å². The number of ether oxygens (including phenoxy) is 2. The van der Waals surface area contributed by atoms with Crippen LogP contribution >= 0.6 is 0 Å². The number of benzene rings is 1. The molecule has 0 radical (unpaired) electrons. The average Bonchev–Trinajstić information content (AvgIpc) is 3.99. The predicted octanol–water partition coefficient (Wildman–Crippen LogP) is 1.94. The molecule has 9 rings (SSSR count). The summed E-state index contributed by atoms with van der Waals surface area (Å²) in [4.78, 5) is 71.5. The zero-order valence-corrected chi connectivity index (χ0v) is 35.9. The molecule has 5 saturated heterocycles. The van der Waals surface area contributed by atoms with Crippen molar-refractivity contribution in [1.82, 2.24) is 34.6 Å². The molecule has 0 spiro atoms. The van der Waals surface area contributed by atoms with Crippen LogP contribution in [0.15, 0.2) is 57.8 Å². The number of amides is 3. The van der Waals surface area contributed by atoms with Gasteiger partial charge in [0.25, 0.3) is 12.3 Å². The summed E-state index contributed by atoms with van der Waals surface area (Å²) >= 11 is 0. The van der Waals surface area contributed by atoms with E-state index in [0.717, 1.165) is 82.0 Å². The number of aryl methyl sites for hydroxylation is 1. The Bertz CT molecular complexity index is 2410. The molecule has 1 aliphatic carbocycles. The number of allylic oxidation sites excluding steroid dienone is 2. The Morgan fingerprint density at radius 3 is 2.53 bits per heavy atom. The Morgan fingerprint density at radius 1 is 1.06 bits per heavy atom. The standard InChI is InChI=1S/C44H56F2N12O6/c1-54-39-33(3-2-4-34(39)58(44(54)62)35-9-10-37(59)53-43(35)61)56-21-30(22-56)64-28-12-15-55(16-13-28)20-25-5-7-26(8-6-25)50-19-32(38(48)40(45)46)51-42(60)31(18-47)41-49-14-11-36(52-41)57-23-29-17-27(57)24-63-29/h2-4,11,14,18-19,25-30,35,40H,5-10,12-13,15-17,20-24,47-48H2,1H3,(H,51,60)(H,53,59,61)/t25?,26?,27-,29-,35?/m1/s1. The molecule has 1 saturated carbocycles. The summed E-state index contributed by atoms with van der Waals surface area (Å²) in [5.74, 6) is -0.351. The number of carbonyl (C=O) groups excluding carboxylic acids is 3. The predicted molar refractivity (Wildman–Crippen MR) is 234 cm³/mol. The number of anilines is 2. The molecule has 5 aliphatic heterocycles. The number of nitrogens with one attached hydrogen (secondary N) is 2. The smallest absolute Gasteiger partial charge is 0.329 e. The lowest BCUT2D eigenvalue weighted by molar-refractivity contribution is -0.135. The normalized spacial score (nSPS) is 26.6. The number of imide groups is 1. The average molecular weight is 887 g/mol. The molecule has 1 unspecified atom stereocenters. The first-order valence-electron chi connectivity index (χ1n) is 22.4. The maximum Gasteiger partial charge on any atom is 0.329 e. The van der Waals surface area contributed by atoms with E-state index in [4.69, 9.17) is 20.9 Å². The first-order valence-corrected chi connectivity index (χ1v) is 22.4. The molecule has 6 fully saturated rings. The topological polar surface area (TPSA) is 221 Å². The van der Waals surface area contributed by atoms with Crippen LogP contribution in [0.4, 0.5) is 20.3 Å². The van der Waals surface area contributed by atoms with Crippen LogP contribution in [0.5, 0.6) is 0 Å². The molecular weight excluding hydrogens is 831 g/mol. The Morgan fingerprint density at radius 2 is 1.84 bits per heavy atom. The van der Waals surface area contributed by atoms with Crippen molar-refractivity contribution in [2.45, 2.75) is 101 Å². The van der Waals surface area contributed by atoms with Gasteiger partial charge in [-0.2, -0.15) is 0 Å². The quantitative estimate of drug-likeness (QED) is 0.110. The highest BCUT2D eigenvalue weighted by atomic mass is 19.3. The molecule has 18 nitrogen and oxygen atoms in total. The van der Waals surface area contributed by atoms with Crippen molar-refractivity contribution in [3.8, 4) is 0 Å². The van der Waals surface area contributed by atoms with Crippen molar-refractivity contribution in [1.29, 1.82) is 0 Å². The van der Waals surface area contributed by atoms with Crippen molar-refractivity contribution < 1.29 is 32.6 Å².